The van der Waals surface area contributed by atoms with Crippen molar-refractivity contribution >= 4 is 5.91 Å². The normalized spacial score (nSPS) is 22.5. The van der Waals surface area contributed by atoms with E-state index in [0.717, 1.165) is 18.9 Å². The second-order valence-electron chi connectivity index (χ2n) is 5.09. The largest absolute Gasteiger partial charge is 0.359 e. The predicted octanol–water partition coefficient (Wildman–Crippen LogP) is 1.29. The molecule has 2 aliphatic carbocycles. The highest BCUT2D eigenvalue weighted by Crippen LogP contribution is 2.60. The summed E-state index contributed by atoms with van der Waals surface area (Å²) in [5.41, 5.74) is 0.688. The van der Waals surface area contributed by atoms with E-state index in [2.05, 4.69) is 10.6 Å². The van der Waals surface area contributed by atoms with Gasteiger partial charge >= 0.3 is 0 Å². The molecule has 0 heterocycles. The molecular weight excluding hydrogens is 188 g/mol. The van der Waals surface area contributed by atoms with Crippen LogP contribution in [0.5, 0.6) is 0 Å². The number of hydrogen-bond acceptors (Lipinski definition) is 2. The van der Waals surface area contributed by atoms with Gasteiger partial charge in [-0.3, -0.25) is 4.79 Å². The molecule has 0 aromatic carbocycles. The van der Waals surface area contributed by atoms with Crippen molar-refractivity contribution in [1.29, 1.82) is 0 Å². The van der Waals surface area contributed by atoms with E-state index in [9.17, 15) is 4.79 Å². The number of carbonyl (C=O) groups is 1. The third kappa shape index (κ3) is 2.94. The highest BCUT2D eigenvalue weighted by atomic mass is 16.1. The van der Waals surface area contributed by atoms with Gasteiger partial charge in [-0.25, -0.2) is 0 Å². The van der Waals surface area contributed by atoms with Crippen LogP contribution in [0.4, 0.5) is 0 Å². The van der Waals surface area contributed by atoms with Gasteiger partial charge < -0.3 is 10.6 Å². The van der Waals surface area contributed by atoms with Gasteiger partial charge in [0, 0.05) is 20.0 Å². The van der Waals surface area contributed by atoms with E-state index in [1.165, 1.54) is 32.2 Å². The predicted molar refractivity (Wildman–Crippen MR) is 60.6 cm³/mol. The van der Waals surface area contributed by atoms with Crippen LogP contribution in [-0.4, -0.2) is 26.0 Å². The molecule has 2 N–H and O–H groups in total. The highest BCUT2D eigenvalue weighted by molar-refractivity contribution is 5.75. The fourth-order valence-corrected chi connectivity index (χ4v) is 2.42. The molecule has 0 aromatic heterocycles. The Bertz CT molecular complexity index is 232. The van der Waals surface area contributed by atoms with Gasteiger partial charge in [-0.2, -0.15) is 0 Å². The van der Waals surface area contributed by atoms with Crippen molar-refractivity contribution in [3.63, 3.8) is 0 Å². The number of amides is 1. The molecule has 2 rings (SSSR count). The standard InChI is InChI=1S/C12H22N2O/c1-13-11(15)3-2-8-14-9-12(6-7-12)10-4-5-10/h10,14H,2-9H2,1H3,(H,13,15). The first-order chi connectivity index (χ1) is 7.27. The zero-order valence-corrected chi connectivity index (χ0v) is 9.64. The van der Waals surface area contributed by atoms with Gasteiger partial charge in [0.2, 0.25) is 5.91 Å². The van der Waals surface area contributed by atoms with E-state index in [1.54, 1.807) is 7.05 Å². The molecule has 0 aromatic rings. The van der Waals surface area contributed by atoms with Crippen molar-refractivity contribution in [1.82, 2.24) is 10.6 Å². The summed E-state index contributed by atoms with van der Waals surface area (Å²) in [6.45, 7) is 2.17. The molecule has 2 saturated carbocycles. The average molecular weight is 210 g/mol. The maximum atomic E-state index is 11.0. The first-order valence-corrected chi connectivity index (χ1v) is 6.18. The summed E-state index contributed by atoms with van der Waals surface area (Å²) in [7, 11) is 1.70. The minimum absolute atomic E-state index is 0.153. The number of hydrogen-bond donors (Lipinski definition) is 2. The van der Waals surface area contributed by atoms with E-state index < -0.39 is 0 Å². The van der Waals surface area contributed by atoms with Crippen LogP contribution in [0.25, 0.3) is 0 Å². The van der Waals surface area contributed by atoms with Crippen molar-refractivity contribution in [3.05, 3.63) is 0 Å². The Balaban J connectivity index is 1.50. The van der Waals surface area contributed by atoms with Crippen LogP contribution < -0.4 is 10.6 Å². The fraction of sp³-hybridized carbons (Fsp3) is 0.917. The van der Waals surface area contributed by atoms with Gasteiger partial charge in [-0.1, -0.05) is 0 Å². The van der Waals surface area contributed by atoms with Gasteiger partial charge in [0.25, 0.3) is 0 Å². The second-order valence-corrected chi connectivity index (χ2v) is 5.09. The Morgan fingerprint density at radius 2 is 2.13 bits per heavy atom. The van der Waals surface area contributed by atoms with E-state index >= 15 is 0 Å². The van der Waals surface area contributed by atoms with Crippen LogP contribution in [0, 0.1) is 11.3 Å². The lowest BCUT2D eigenvalue weighted by Gasteiger charge is -2.14. The van der Waals surface area contributed by atoms with Crippen LogP contribution >= 0.6 is 0 Å². The Morgan fingerprint density at radius 1 is 1.40 bits per heavy atom. The molecule has 86 valence electrons. The Labute approximate surface area is 92.0 Å². The SMILES string of the molecule is CNC(=O)CCCNCC1(C2CC2)CC1. The van der Waals surface area contributed by atoms with E-state index in [0.29, 0.717) is 11.8 Å². The lowest BCUT2D eigenvalue weighted by atomic mass is 10.0. The number of rotatable bonds is 7. The third-order valence-corrected chi connectivity index (χ3v) is 3.85. The van der Waals surface area contributed by atoms with Crippen LogP contribution in [-0.2, 0) is 4.79 Å². The molecule has 15 heavy (non-hydrogen) atoms. The van der Waals surface area contributed by atoms with Crippen LogP contribution in [0.1, 0.15) is 38.5 Å². The summed E-state index contributed by atoms with van der Waals surface area (Å²) < 4.78 is 0. The summed E-state index contributed by atoms with van der Waals surface area (Å²) in [6.07, 6.45) is 7.39. The van der Waals surface area contributed by atoms with Crippen molar-refractivity contribution in [2.45, 2.75) is 38.5 Å². The first-order valence-electron chi connectivity index (χ1n) is 6.18. The van der Waals surface area contributed by atoms with Gasteiger partial charge in [0.05, 0.1) is 0 Å². The molecule has 3 heteroatoms. The molecule has 0 aliphatic heterocycles. The van der Waals surface area contributed by atoms with Crippen molar-refractivity contribution < 1.29 is 4.79 Å². The van der Waals surface area contributed by atoms with Crippen LogP contribution in [0.2, 0.25) is 0 Å². The zero-order valence-electron chi connectivity index (χ0n) is 9.64. The molecule has 0 radical (unpaired) electrons. The average Bonchev–Trinajstić information content (AvgIpc) is 3.08. The van der Waals surface area contributed by atoms with Gasteiger partial charge in [0.15, 0.2) is 0 Å². The quantitative estimate of drug-likeness (QED) is 0.622. The molecule has 2 aliphatic rings. The molecule has 3 nitrogen and oxygen atoms in total. The molecule has 0 saturated heterocycles. The van der Waals surface area contributed by atoms with Gasteiger partial charge in [-0.05, 0) is 50.0 Å². The fourth-order valence-electron chi connectivity index (χ4n) is 2.42. The van der Waals surface area contributed by atoms with Crippen LogP contribution in [0.3, 0.4) is 0 Å². The van der Waals surface area contributed by atoms with E-state index in [4.69, 9.17) is 0 Å². The molecule has 0 spiro atoms. The minimum atomic E-state index is 0.153. The molecular formula is C12H22N2O. The van der Waals surface area contributed by atoms with Gasteiger partial charge in [0.1, 0.15) is 0 Å². The minimum Gasteiger partial charge on any atom is -0.359 e. The monoisotopic (exact) mass is 210 g/mol. The zero-order chi connectivity index (χ0) is 10.7. The van der Waals surface area contributed by atoms with Gasteiger partial charge in [-0.15, -0.1) is 0 Å². The Morgan fingerprint density at radius 3 is 2.67 bits per heavy atom. The third-order valence-electron chi connectivity index (χ3n) is 3.85. The number of nitrogens with one attached hydrogen (secondary N) is 2. The Hall–Kier alpha value is -0.570. The lowest BCUT2D eigenvalue weighted by Crippen LogP contribution is -2.27. The number of carbonyl (C=O) groups excluding carboxylic acids is 1. The summed E-state index contributed by atoms with van der Waals surface area (Å²) in [5.74, 6) is 1.18. The van der Waals surface area contributed by atoms with E-state index in [-0.39, 0.29) is 5.91 Å². The summed E-state index contributed by atoms with van der Waals surface area (Å²) in [5, 5.41) is 6.15. The molecule has 0 atom stereocenters. The summed E-state index contributed by atoms with van der Waals surface area (Å²) in [6, 6.07) is 0. The second kappa shape index (κ2) is 4.52. The lowest BCUT2D eigenvalue weighted by molar-refractivity contribution is -0.120. The molecule has 0 unspecified atom stereocenters. The van der Waals surface area contributed by atoms with Crippen LogP contribution in [0.15, 0.2) is 0 Å². The molecule has 0 bridgehead atoms. The maximum absolute atomic E-state index is 11.0. The molecule has 1 amide bonds. The smallest absolute Gasteiger partial charge is 0.219 e. The first kappa shape index (κ1) is 10.9. The maximum Gasteiger partial charge on any atom is 0.219 e. The highest BCUT2D eigenvalue weighted by Gasteiger charge is 2.52. The topological polar surface area (TPSA) is 41.1 Å². The summed E-state index contributed by atoms with van der Waals surface area (Å²) in [4.78, 5) is 11.0. The van der Waals surface area contributed by atoms with Crippen molar-refractivity contribution in [2.75, 3.05) is 20.1 Å². The van der Waals surface area contributed by atoms with Crippen molar-refractivity contribution in [2.24, 2.45) is 11.3 Å². The molecule has 2 fully saturated rings. The Kier molecular flexibility index (Phi) is 3.29. The summed E-state index contributed by atoms with van der Waals surface area (Å²) >= 11 is 0. The van der Waals surface area contributed by atoms with E-state index in [1.807, 2.05) is 0 Å². The van der Waals surface area contributed by atoms with Crippen molar-refractivity contribution in [3.8, 4) is 0 Å².